The molecule has 228 valence electrons. The molecule has 0 saturated heterocycles. The zero-order chi connectivity index (χ0) is 31.1. The number of ketones is 3. The van der Waals surface area contributed by atoms with Gasteiger partial charge >= 0.3 is 5.97 Å². The average Bonchev–Trinajstić information content (AvgIpc) is 3.01. The van der Waals surface area contributed by atoms with Gasteiger partial charge in [-0.3, -0.25) is 27.5 Å². The molecule has 0 heterocycles. The SMILES string of the molecule is CC(=O)OCC(=O)[C@@]1(O)[C@H](C)C[C@H]2[C@@H]3[C@@H](OS(C)(=O)=O)[C@@H](OS(C)(=O)=O)C4=CC(=O)C=C[C@]4(C)[C@@]3(F)C(=O)C[C@@]21C. The molecule has 4 aliphatic rings. The van der Waals surface area contributed by atoms with E-state index in [9.17, 15) is 41.1 Å². The molecule has 0 aromatic heterocycles. The number of hydrogen-bond acceptors (Lipinski definition) is 12. The summed E-state index contributed by atoms with van der Waals surface area (Å²) in [4.78, 5) is 51.2. The maximum absolute atomic E-state index is 17.9. The molecule has 0 radical (unpaired) electrons. The van der Waals surface area contributed by atoms with Gasteiger partial charge in [-0.15, -0.1) is 0 Å². The number of Topliss-reactive ketones (excluding diaryl/α,β-unsaturated/α-hetero) is 2. The second kappa shape index (κ2) is 9.59. The molecule has 0 aliphatic heterocycles. The van der Waals surface area contributed by atoms with Crippen molar-refractivity contribution in [2.24, 2.45) is 28.6 Å². The van der Waals surface area contributed by atoms with Crippen LogP contribution in [0.5, 0.6) is 0 Å². The summed E-state index contributed by atoms with van der Waals surface area (Å²) in [6.07, 6.45) is -0.250. The maximum Gasteiger partial charge on any atom is 0.303 e. The van der Waals surface area contributed by atoms with Gasteiger partial charge in [0, 0.05) is 24.7 Å². The molecule has 3 saturated carbocycles. The number of halogens is 1. The molecule has 0 aromatic carbocycles. The van der Waals surface area contributed by atoms with Gasteiger partial charge < -0.3 is 9.84 Å². The van der Waals surface area contributed by atoms with Gasteiger partial charge in [0.15, 0.2) is 23.8 Å². The van der Waals surface area contributed by atoms with Crippen molar-refractivity contribution in [2.45, 2.75) is 64.0 Å². The molecule has 15 heteroatoms. The molecule has 0 bridgehead atoms. The van der Waals surface area contributed by atoms with E-state index in [4.69, 9.17) is 13.1 Å². The molecule has 41 heavy (non-hydrogen) atoms. The minimum atomic E-state index is -4.47. The molecule has 4 aliphatic carbocycles. The third-order valence-corrected chi connectivity index (χ3v) is 10.6. The molecule has 0 unspecified atom stereocenters. The highest BCUT2D eigenvalue weighted by molar-refractivity contribution is 7.86. The molecule has 4 rings (SSSR count). The lowest BCUT2D eigenvalue weighted by atomic mass is 9.44. The van der Waals surface area contributed by atoms with Crippen LogP contribution in [0.3, 0.4) is 0 Å². The van der Waals surface area contributed by atoms with E-state index < -0.39 is 109 Å². The summed E-state index contributed by atoms with van der Waals surface area (Å²) in [5.74, 6) is -7.36. The van der Waals surface area contributed by atoms with Crippen molar-refractivity contribution in [2.75, 3.05) is 19.1 Å². The van der Waals surface area contributed by atoms with Gasteiger partial charge in [-0.2, -0.15) is 16.8 Å². The first-order valence-electron chi connectivity index (χ1n) is 12.9. The summed E-state index contributed by atoms with van der Waals surface area (Å²) in [6.45, 7) is 4.40. The summed E-state index contributed by atoms with van der Waals surface area (Å²) in [5, 5.41) is 11.9. The molecule has 1 N–H and O–H groups in total. The van der Waals surface area contributed by atoms with Crippen LogP contribution in [0.4, 0.5) is 4.39 Å². The van der Waals surface area contributed by atoms with Gasteiger partial charge in [-0.05, 0) is 42.9 Å². The molecular weight excluding hydrogens is 587 g/mol. The van der Waals surface area contributed by atoms with Gasteiger partial charge in [-0.25, -0.2) is 4.39 Å². The van der Waals surface area contributed by atoms with E-state index in [1.165, 1.54) is 20.8 Å². The van der Waals surface area contributed by atoms with Gasteiger partial charge in [0.2, 0.25) is 5.78 Å². The number of fused-ring (bicyclic) bond motifs is 5. The third kappa shape index (κ3) is 4.64. The van der Waals surface area contributed by atoms with E-state index in [-0.39, 0.29) is 12.0 Å². The quantitative estimate of drug-likeness (QED) is 0.309. The molecule has 0 aromatic rings. The predicted octanol–water partition coefficient (Wildman–Crippen LogP) is 0.584. The maximum atomic E-state index is 17.9. The Kier molecular flexibility index (Phi) is 7.39. The Labute approximate surface area is 237 Å². The molecule has 0 spiro atoms. The fourth-order valence-electron chi connectivity index (χ4n) is 7.73. The largest absolute Gasteiger partial charge is 0.458 e. The lowest BCUT2D eigenvalue weighted by molar-refractivity contribution is -0.205. The molecule has 3 fully saturated rings. The Balaban J connectivity index is 2.00. The lowest BCUT2D eigenvalue weighted by Crippen LogP contribution is -2.74. The number of aliphatic hydroxyl groups is 1. The Morgan fingerprint density at radius 2 is 1.68 bits per heavy atom. The van der Waals surface area contributed by atoms with Crippen LogP contribution >= 0.6 is 0 Å². The monoisotopic (exact) mass is 620 g/mol. The minimum Gasteiger partial charge on any atom is -0.458 e. The number of esters is 1. The van der Waals surface area contributed by atoms with E-state index in [1.54, 1.807) is 0 Å². The fourth-order valence-corrected chi connectivity index (χ4v) is 8.94. The highest BCUT2D eigenvalue weighted by Crippen LogP contribution is 2.70. The van der Waals surface area contributed by atoms with Crippen molar-refractivity contribution in [1.82, 2.24) is 0 Å². The average molecular weight is 621 g/mol. The number of alkyl halides is 1. The number of carbonyl (C=O) groups excluding carboxylic acids is 4. The van der Waals surface area contributed by atoms with Gasteiger partial charge in [0.25, 0.3) is 20.2 Å². The van der Waals surface area contributed by atoms with Crippen molar-refractivity contribution in [1.29, 1.82) is 0 Å². The van der Waals surface area contributed by atoms with Crippen LogP contribution < -0.4 is 0 Å². The first-order valence-corrected chi connectivity index (χ1v) is 16.5. The summed E-state index contributed by atoms with van der Waals surface area (Å²) < 4.78 is 83.1. The van der Waals surface area contributed by atoms with Crippen LogP contribution in [0.2, 0.25) is 0 Å². The first-order chi connectivity index (χ1) is 18.5. The predicted molar refractivity (Wildman–Crippen MR) is 139 cm³/mol. The minimum absolute atomic E-state index is 0.116. The number of allylic oxidation sites excluding steroid dienone is 3. The van der Waals surface area contributed by atoms with Crippen molar-refractivity contribution >= 4 is 43.6 Å². The second-order valence-corrected chi connectivity index (χ2v) is 15.2. The molecular formula is C26H33FO12S2. The molecule has 12 nitrogen and oxygen atoms in total. The molecule has 0 amide bonds. The van der Waals surface area contributed by atoms with Crippen molar-refractivity contribution in [3.05, 3.63) is 23.8 Å². The highest BCUT2D eigenvalue weighted by Gasteiger charge is 2.79. The van der Waals surface area contributed by atoms with Crippen molar-refractivity contribution in [3.8, 4) is 0 Å². The third-order valence-electron chi connectivity index (χ3n) is 9.43. The zero-order valence-electron chi connectivity index (χ0n) is 23.4. The number of carbonyl (C=O) groups is 4. The van der Waals surface area contributed by atoms with Crippen LogP contribution in [0.15, 0.2) is 23.8 Å². The van der Waals surface area contributed by atoms with E-state index in [2.05, 4.69) is 0 Å². The van der Waals surface area contributed by atoms with Crippen molar-refractivity contribution in [3.63, 3.8) is 0 Å². The topological polar surface area (TPSA) is 184 Å². The van der Waals surface area contributed by atoms with E-state index in [0.29, 0.717) is 12.5 Å². The highest BCUT2D eigenvalue weighted by atomic mass is 32.2. The normalized spacial score (nSPS) is 42.1. The van der Waals surface area contributed by atoms with E-state index >= 15 is 4.39 Å². The number of ether oxygens (including phenoxy) is 1. The Hall–Kier alpha value is -2.33. The van der Waals surface area contributed by atoms with Gasteiger partial charge in [0.05, 0.1) is 17.9 Å². The van der Waals surface area contributed by atoms with Crippen molar-refractivity contribution < 1.29 is 58.6 Å². The van der Waals surface area contributed by atoms with Gasteiger partial charge in [-0.1, -0.05) is 19.9 Å². The standard InChI is InChI=1S/C26H33FO12S2/c1-13-9-16-20-22(39-41(6,35)36)21(38-40(5,33)34)17-10-15(29)7-8-23(17,3)25(20,27)18(30)11-24(16,4)26(13,32)19(31)12-37-14(2)28/h7-8,10,13,16,20-22,32H,9,11-12H2,1-6H3/t13-,16+,20-,21+,22-,23+,24+,25-,26+/m1/s1. The van der Waals surface area contributed by atoms with Crippen LogP contribution in [-0.2, 0) is 52.5 Å². The van der Waals surface area contributed by atoms with Crippen LogP contribution in [-0.4, -0.2) is 87.9 Å². The Morgan fingerprint density at radius 1 is 1.10 bits per heavy atom. The first kappa shape index (κ1) is 31.6. The Morgan fingerprint density at radius 3 is 2.22 bits per heavy atom. The second-order valence-electron chi connectivity index (χ2n) is 12.0. The van der Waals surface area contributed by atoms with E-state index in [1.807, 2.05) is 0 Å². The van der Waals surface area contributed by atoms with Crippen LogP contribution in [0, 0.1) is 28.6 Å². The summed E-state index contributed by atoms with van der Waals surface area (Å²) >= 11 is 0. The van der Waals surface area contributed by atoms with E-state index in [0.717, 1.165) is 25.2 Å². The molecule has 9 atom stereocenters. The summed E-state index contributed by atoms with van der Waals surface area (Å²) in [5.41, 5.74) is -9.30. The number of hydrogen-bond donors (Lipinski definition) is 1. The lowest BCUT2D eigenvalue weighted by Gasteiger charge is -2.62. The van der Waals surface area contributed by atoms with Crippen LogP contribution in [0.25, 0.3) is 0 Å². The number of rotatable bonds is 7. The Bertz CT molecular complexity index is 1500. The zero-order valence-corrected chi connectivity index (χ0v) is 25.0. The summed E-state index contributed by atoms with van der Waals surface area (Å²) in [6, 6.07) is 0. The van der Waals surface area contributed by atoms with Gasteiger partial charge in [0.1, 0.15) is 17.8 Å². The smallest absolute Gasteiger partial charge is 0.303 e. The van der Waals surface area contributed by atoms with Crippen LogP contribution in [0.1, 0.15) is 40.5 Å². The summed E-state index contributed by atoms with van der Waals surface area (Å²) in [7, 11) is -8.86. The fraction of sp³-hybridized carbons (Fsp3) is 0.692.